The summed E-state index contributed by atoms with van der Waals surface area (Å²) in [6, 6.07) is 7.57. The lowest BCUT2D eigenvalue weighted by Crippen LogP contribution is -2.07. The van der Waals surface area contributed by atoms with Crippen LogP contribution in [0, 0.1) is 0 Å². The molecule has 0 aliphatic rings. The van der Waals surface area contributed by atoms with Gasteiger partial charge in [-0.05, 0) is 19.1 Å². The monoisotopic (exact) mass is 319 g/mol. The summed E-state index contributed by atoms with van der Waals surface area (Å²) in [5, 5.41) is 6.55. The number of esters is 1. The van der Waals surface area contributed by atoms with Crippen molar-refractivity contribution in [2.24, 2.45) is 5.10 Å². The van der Waals surface area contributed by atoms with Gasteiger partial charge in [0.05, 0.1) is 32.0 Å². The second-order valence-electron chi connectivity index (χ2n) is 4.24. The Hall–Kier alpha value is -2.41. The number of hydrazone groups is 1. The fraction of sp³-hybridized carbons (Fsp3) is 0.267. The molecule has 0 bridgehead atoms. The molecule has 0 saturated heterocycles. The highest BCUT2D eigenvalue weighted by Crippen LogP contribution is 2.17. The van der Waals surface area contributed by atoms with Crippen molar-refractivity contribution in [3.63, 3.8) is 0 Å². The maximum Gasteiger partial charge on any atom is 0.311 e. The molecule has 1 N–H and O–H groups in total. The summed E-state index contributed by atoms with van der Waals surface area (Å²) >= 11 is 1.38. The van der Waals surface area contributed by atoms with Crippen LogP contribution in [0.1, 0.15) is 18.2 Å². The van der Waals surface area contributed by atoms with E-state index < -0.39 is 0 Å². The second-order valence-corrected chi connectivity index (χ2v) is 5.10. The van der Waals surface area contributed by atoms with Crippen molar-refractivity contribution in [1.29, 1.82) is 0 Å². The lowest BCUT2D eigenvalue weighted by Gasteiger charge is -2.02. The Morgan fingerprint density at radius 3 is 3.05 bits per heavy atom. The molecule has 0 aliphatic heterocycles. The SMILES string of the molecule is CCOC(=O)Cc1csc(N/N=C\c2ccccc2OC)n1. The predicted molar refractivity (Wildman–Crippen MR) is 86.7 cm³/mol. The molecular weight excluding hydrogens is 302 g/mol. The summed E-state index contributed by atoms with van der Waals surface area (Å²) in [6.07, 6.45) is 1.83. The van der Waals surface area contributed by atoms with Crippen LogP contribution in [-0.2, 0) is 16.0 Å². The number of thiazole rings is 1. The van der Waals surface area contributed by atoms with Gasteiger partial charge >= 0.3 is 5.97 Å². The molecule has 0 aliphatic carbocycles. The smallest absolute Gasteiger partial charge is 0.311 e. The molecule has 1 heterocycles. The molecule has 7 heteroatoms. The van der Waals surface area contributed by atoms with Crippen LogP contribution in [0.4, 0.5) is 5.13 Å². The molecule has 1 aromatic carbocycles. The fourth-order valence-electron chi connectivity index (χ4n) is 1.73. The number of hydrogen-bond donors (Lipinski definition) is 1. The minimum Gasteiger partial charge on any atom is -0.496 e. The molecule has 0 fully saturated rings. The third kappa shape index (κ3) is 4.56. The molecule has 2 rings (SSSR count). The first-order valence-electron chi connectivity index (χ1n) is 6.75. The molecular formula is C15H17N3O3S. The van der Waals surface area contributed by atoms with E-state index in [1.165, 1.54) is 11.3 Å². The Morgan fingerprint density at radius 2 is 2.27 bits per heavy atom. The van der Waals surface area contributed by atoms with Crippen LogP contribution in [0.15, 0.2) is 34.7 Å². The zero-order chi connectivity index (χ0) is 15.8. The summed E-state index contributed by atoms with van der Waals surface area (Å²) in [6.45, 7) is 2.15. The third-order valence-corrected chi connectivity index (χ3v) is 3.48. The van der Waals surface area contributed by atoms with Crippen LogP contribution in [0.5, 0.6) is 5.75 Å². The number of ether oxygens (including phenoxy) is 2. The van der Waals surface area contributed by atoms with Gasteiger partial charge in [0.2, 0.25) is 5.13 Å². The van der Waals surface area contributed by atoms with E-state index in [1.807, 2.05) is 24.3 Å². The minimum atomic E-state index is -0.281. The van der Waals surface area contributed by atoms with Crippen molar-refractivity contribution in [2.45, 2.75) is 13.3 Å². The Bertz CT molecular complexity index is 655. The Kier molecular flexibility index (Phi) is 5.91. The summed E-state index contributed by atoms with van der Waals surface area (Å²) in [4.78, 5) is 15.6. The summed E-state index contributed by atoms with van der Waals surface area (Å²) in [5.74, 6) is 0.465. The number of nitrogens with zero attached hydrogens (tertiary/aromatic N) is 2. The molecule has 1 aromatic heterocycles. The largest absolute Gasteiger partial charge is 0.496 e. The lowest BCUT2D eigenvalue weighted by atomic mass is 10.2. The first kappa shape index (κ1) is 16.0. The fourth-order valence-corrected chi connectivity index (χ4v) is 2.39. The molecule has 6 nitrogen and oxygen atoms in total. The number of carbonyl (C=O) groups is 1. The highest BCUT2D eigenvalue weighted by molar-refractivity contribution is 7.13. The number of methoxy groups -OCH3 is 1. The predicted octanol–water partition coefficient (Wildman–Crippen LogP) is 2.70. The molecule has 0 spiro atoms. The Morgan fingerprint density at radius 1 is 1.45 bits per heavy atom. The van der Waals surface area contributed by atoms with E-state index in [9.17, 15) is 4.79 Å². The summed E-state index contributed by atoms with van der Waals surface area (Å²) in [5.41, 5.74) is 4.37. The van der Waals surface area contributed by atoms with Crippen LogP contribution in [0.25, 0.3) is 0 Å². The molecule has 0 unspecified atom stereocenters. The first-order valence-corrected chi connectivity index (χ1v) is 7.63. The second kappa shape index (κ2) is 8.14. The Balaban J connectivity index is 1.93. The molecule has 0 atom stereocenters. The van der Waals surface area contributed by atoms with Crippen LogP contribution >= 0.6 is 11.3 Å². The quantitative estimate of drug-likeness (QED) is 0.482. The standard InChI is InChI=1S/C15H17N3O3S/c1-3-21-14(19)8-12-10-22-15(17-12)18-16-9-11-6-4-5-7-13(11)20-2/h4-7,9-10H,3,8H2,1-2H3,(H,17,18)/b16-9-. The van der Waals surface area contributed by atoms with E-state index in [0.29, 0.717) is 17.4 Å². The number of aromatic nitrogens is 1. The minimum absolute atomic E-state index is 0.169. The summed E-state index contributed by atoms with van der Waals surface area (Å²) < 4.78 is 10.1. The van der Waals surface area contributed by atoms with Crippen LogP contribution < -0.4 is 10.2 Å². The number of rotatable bonds is 7. The van der Waals surface area contributed by atoms with Crippen molar-refractivity contribution >= 4 is 28.7 Å². The van der Waals surface area contributed by atoms with Gasteiger partial charge < -0.3 is 9.47 Å². The van der Waals surface area contributed by atoms with E-state index in [1.54, 1.807) is 25.6 Å². The van der Waals surface area contributed by atoms with E-state index in [-0.39, 0.29) is 12.4 Å². The number of hydrogen-bond acceptors (Lipinski definition) is 7. The normalized spacial score (nSPS) is 10.6. The van der Waals surface area contributed by atoms with E-state index >= 15 is 0 Å². The van der Waals surface area contributed by atoms with Crippen molar-refractivity contribution < 1.29 is 14.3 Å². The average Bonchev–Trinajstić information content (AvgIpc) is 2.95. The number of benzene rings is 1. The molecule has 0 radical (unpaired) electrons. The van der Waals surface area contributed by atoms with Gasteiger partial charge in [0.25, 0.3) is 0 Å². The number of carbonyl (C=O) groups excluding carboxylic acids is 1. The van der Waals surface area contributed by atoms with Gasteiger partial charge in [0.15, 0.2) is 0 Å². The molecule has 116 valence electrons. The molecule has 2 aromatic rings. The molecule has 0 saturated carbocycles. The van der Waals surface area contributed by atoms with Crippen molar-refractivity contribution in [2.75, 3.05) is 19.1 Å². The van der Waals surface area contributed by atoms with Crippen molar-refractivity contribution in [1.82, 2.24) is 4.98 Å². The maximum atomic E-state index is 11.4. The highest BCUT2D eigenvalue weighted by Gasteiger charge is 2.07. The van der Waals surface area contributed by atoms with Gasteiger partial charge in [-0.15, -0.1) is 11.3 Å². The van der Waals surface area contributed by atoms with Crippen LogP contribution in [0.2, 0.25) is 0 Å². The highest BCUT2D eigenvalue weighted by atomic mass is 32.1. The average molecular weight is 319 g/mol. The molecule has 0 amide bonds. The van der Waals surface area contributed by atoms with Crippen LogP contribution in [0.3, 0.4) is 0 Å². The topological polar surface area (TPSA) is 72.8 Å². The van der Waals surface area contributed by atoms with Gasteiger partial charge in [-0.25, -0.2) is 4.98 Å². The van der Waals surface area contributed by atoms with E-state index in [2.05, 4.69) is 15.5 Å². The van der Waals surface area contributed by atoms with Gasteiger partial charge in [-0.1, -0.05) is 12.1 Å². The third-order valence-electron chi connectivity index (χ3n) is 2.69. The Labute approximate surface area is 132 Å². The zero-order valence-corrected chi connectivity index (χ0v) is 13.2. The van der Waals surface area contributed by atoms with Gasteiger partial charge in [0, 0.05) is 10.9 Å². The van der Waals surface area contributed by atoms with Gasteiger partial charge in [-0.2, -0.15) is 5.10 Å². The number of para-hydroxylation sites is 1. The van der Waals surface area contributed by atoms with Crippen molar-refractivity contribution in [3.8, 4) is 5.75 Å². The van der Waals surface area contributed by atoms with E-state index in [0.717, 1.165) is 11.3 Å². The zero-order valence-electron chi connectivity index (χ0n) is 12.4. The van der Waals surface area contributed by atoms with Crippen LogP contribution in [-0.4, -0.2) is 30.9 Å². The van der Waals surface area contributed by atoms with Gasteiger partial charge in [0.1, 0.15) is 5.75 Å². The molecule has 22 heavy (non-hydrogen) atoms. The summed E-state index contributed by atoms with van der Waals surface area (Å²) in [7, 11) is 1.61. The number of nitrogens with one attached hydrogen (secondary N) is 1. The lowest BCUT2D eigenvalue weighted by molar-refractivity contribution is -0.142. The van der Waals surface area contributed by atoms with E-state index in [4.69, 9.17) is 9.47 Å². The number of anilines is 1. The van der Waals surface area contributed by atoms with Crippen molar-refractivity contribution in [3.05, 3.63) is 40.9 Å². The first-order chi connectivity index (χ1) is 10.7. The van der Waals surface area contributed by atoms with Gasteiger partial charge in [-0.3, -0.25) is 10.2 Å². The maximum absolute atomic E-state index is 11.4.